The molecule has 0 aliphatic heterocycles. The summed E-state index contributed by atoms with van der Waals surface area (Å²) in [5.74, 6) is 0.748. The van der Waals surface area contributed by atoms with E-state index >= 15 is 0 Å². The van der Waals surface area contributed by atoms with Crippen LogP contribution < -0.4 is 0 Å². The van der Waals surface area contributed by atoms with Crippen molar-refractivity contribution in [2.75, 3.05) is 0 Å². The van der Waals surface area contributed by atoms with Gasteiger partial charge in [0.25, 0.3) is 0 Å². The first-order chi connectivity index (χ1) is 11.3. The smallest absolute Gasteiger partial charge is 0.137 e. The molecule has 4 aromatic rings. The second-order valence-corrected chi connectivity index (χ2v) is 6.49. The maximum atomic E-state index is 6.00. The molecule has 1 saturated carbocycles. The van der Waals surface area contributed by atoms with Gasteiger partial charge in [-0.15, -0.1) is 0 Å². The van der Waals surface area contributed by atoms with E-state index in [-0.39, 0.29) is 0 Å². The Labute approximate surface area is 137 Å². The van der Waals surface area contributed by atoms with Crippen LogP contribution >= 0.6 is 11.6 Å². The van der Waals surface area contributed by atoms with E-state index < -0.39 is 0 Å². The number of hydrogen-bond donors (Lipinski definition) is 0. The van der Waals surface area contributed by atoms with Crippen molar-refractivity contribution in [1.82, 2.24) is 23.9 Å². The van der Waals surface area contributed by atoms with E-state index in [1.807, 2.05) is 17.0 Å². The van der Waals surface area contributed by atoms with Gasteiger partial charge in [-0.25, -0.2) is 15.0 Å². The lowest BCUT2D eigenvalue weighted by Gasteiger charge is -2.01. The summed E-state index contributed by atoms with van der Waals surface area (Å²) in [6.45, 7) is 0.664. The van der Waals surface area contributed by atoms with Crippen LogP contribution in [0.15, 0.2) is 43.1 Å². The molecule has 0 saturated heterocycles. The molecule has 23 heavy (non-hydrogen) atoms. The van der Waals surface area contributed by atoms with Gasteiger partial charge in [0.2, 0.25) is 0 Å². The molecule has 0 aromatic carbocycles. The molecule has 5 nitrogen and oxygen atoms in total. The molecule has 114 valence electrons. The average Bonchev–Trinajstić information content (AvgIpc) is 3.22. The highest BCUT2D eigenvalue weighted by atomic mass is 35.5. The number of pyridine rings is 2. The molecular weight excluding hydrogens is 310 g/mol. The molecule has 4 aromatic heterocycles. The van der Waals surface area contributed by atoms with Crippen LogP contribution in [0.5, 0.6) is 0 Å². The molecule has 0 atom stereocenters. The van der Waals surface area contributed by atoms with Crippen molar-refractivity contribution in [1.29, 1.82) is 0 Å². The van der Waals surface area contributed by atoms with Crippen molar-refractivity contribution in [2.45, 2.75) is 25.3 Å². The second-order valence-electron chi connectivity index (χ2n) is 6.10. The minimum Gasteiger partial charge on any atom is -0.324 e. The van der Waals surface area contributed by atoms with Gasteiger partial charge in [-0.1, -0.05) is 17.7 Å². The summed E-state index contributed by atoms with van der Waals surface area (Å²) in [4.78, 5) is 13.1. The van der Waals surface area contributed by atoms with Crippen LogP contribution in [-0.4, -0.2) is 23.9 Å². The van der Waals surface area contributed by atoms with Gasteiger partial charge >= 0.3 is 0 Å². The van der Waals surface area contributed by atoms with Crippen molar-refractivity contribution in [3.63, 3.8) is 0 Å². The van der Waals surface area contributed by atoms with Gasteiger partial charge in [0, 0.05) is 18.5 Å². The summed E-state index contributed by atoms with van der Waals surface area (Å²) in [5, 5.41) is 0.475. The zero-order valence-corrected chi connectivity index (χ0v) is 13.1. The van der Waals surface area contributed by atoms with Crippen LogP contribution in [0, 0.1) is 0 Å². The molecule has 4 heterocycles. The summed E-state index contributed by atoms with van der Waals surface area (Å²) >= 11 is 6.00. The van der Waals surface area contributed by atoms with Gasteiger partial charge in [0.15, 0.2) is 0 Å². The topological polar surface area (TPSA) is 48.0 Å². The Morgan fingerprint density at radius 3 is 2.96 bits per heavy atom. The number of rotatable bonds is 3. The van der Waals surface area contributed by atoms with Crippen LogP contribution in [0.1, 0.15) is 30.0 Å². The molecule has 1 aliphatic rings. The summed E-state index contributed by atoms with van der Waals surface area (Å²) in [5.41, 5.74) is 5.21. The highest BCUT2D eigenvalue weighted by Gasteiger charge is 2.23. The van der Waals surface area contributed by atoms with E-state index in [1.165, 1.54) is 18.4 Å². The van der Waals surface area contributed by atoms with Crippen molar-refractivity contribution < 1.29 is 0 Å². The zero-order chi connectivity index (χ0) is 15.4. The molecule has 1 aliphatic carbocycles. The Morgan fingerprint density at radius 2 is 2.09 bits per heavy atom. The highest BCUT2D eigenvalue weighted by molar-refractivity contribution is 6.29. The van der Waals surface area contributed by atoms with Crippen molar-refractivity contribution in [3.05, 3.63) is 59.5 Å². The molecule has 0 radical (unpaired) electrons. The fourth-order valence-electron chi connectivity index (χ4n) is 3.03. The number of halogens is 1. The maximum absolute atomic E-state index is 6.00. The van der Waals surface area contributed by atoms with Crippen molar-refractivity contribution in [3.8, 4) is 0 Å². The van der Waals surface area contributed by atoms with E-state index in [0.29, 0.717) is 11.7 Å². The molecule has 0 unspecified atom stereocenters. The zero-order valence-electron chi connectivity index (χ0n) is 12.4. The lowest BCUT2D eigenvalue weighted by molar-refractivity contribution is 0.804. The first-order valence-corrected chi connectivity index (χ1v) is 8.08. The Hall–Kier alpha value is -2.40. The van der Waals surface area contributed by atoms with Gasteiger partial charge in [-0.05, 0) is 30.4 Å². The molecule has 0 spiro atoms. The number of imidazole rings is 2. The van der Waals surface area contributed by atoms with E-state index in [2.05, 4.69) is 38.9 Å². The third kappa shape index (κ3) is 2.28. The number of nitrogens with zero attached hydrogens (tertiary/aromatic N) is 5. The van der Waals surface area contributed by atoms with E-state index in [1.54, 1.807) is 6.20 Å². The minimum atomic E-state index is 0.475. The molecule has 1 fully saturated rings. The Morgan fingerprint density at radius 1 is 1.17 bits per heavy atom. The van der Waals surface area contributed by atoms with Crippen LogP contribution in [0.25, 0.3) is 16.7 Å². The largest absolute Gasteiger partial charge is 0.324 e. The molecule has 0 N–H and O–H groups in total. The summed E-state index contributed by atoms with van der Waals surface area (Å²) in [6, 6.07) is 6.14. The molecular formula is C17H14ClN5. The quantitative estimate of drug-likeness (QED) is 0.541. The van der Waals surface area contributed by atoms with Crippen molar-refractivity contribution in [2.24, 2.45) is 0 Å². The summed E-state index contributed by atoms with van der Waals surface area (Å²) < 4.78 is 4.17. The summed E-state index contributed by atoms with van der Waals surface area (Å²) in [7, 11) is 0. The average molecular weight is 324 g/mol. The van der Waals surface area contributed by atoms with Gasteiger partial charge in [-0.3, -0.25) is 0 Å². The highest BCUT2D eigenvalue weighted by Crippen LogP contribution is 2.39. The maximum Gasteiger partial charge on any atom is 0.137 e. The predicted molar refractivity (Wildman–Crippen MR) is 88.8 cm³/mol. The van der Waals surface area contributed by atoms with Gasteiger partial charge in [0.05, 0.1) is 30.3 Å². The fourth-order valence-corrected chi connectivity index (χ4v) is 3.19. The first-order valence-electron chi connectivity index (χ1n) is 7.70. The normalized spacial score (nSPS) is 14.8. The van der Waals surface area contributed by atoms with Crippen molar-refractivity contribution >= 4 is 28.3 Å². The van der Waals surface area contributed by atoms with Gasteiger partial charge in [0.1, 0.15) is 16.3 Å². The molecule has 0 bridgehead atoms. The Bertz CT molecular complexity index is 1030. The van der Waals surface area contributed by atoms with Crippen LogP contribution in [0.3, 0.4) is 0 Å². The monoisotopic (exact) mass is 323 g/mol. The first kappa shape index (κ1) is 13.1. The SMILES string of the molecule is Clc1cc2c(cn1)ncn2Cc1cn2cc(C3CC3)ccc2n1. The lowest BCUT2D eigenvalue weighted by Crippen LogP contribution is -1.98. The van der Waals surface area contributed by atoms with Crippen LogP contribution in [0.4, 0.5) is 0 Å². The fraction of sp³-hybridized carbons (Fsp3) is 0.235. The molecule has 6 heteroatoms. The third-order valence-electron chi connectivity index (χ3n) is 4.38. The number of hydrogen-bond acceptors (Lipinski definition) is 3. The number of aromatic nitrogens is 5. The molecule has 5 rings (SSSR count). The predicted octanol–water partition coefficient (Wildman–Crippen LogP) is 3.66. The standard InChI is InChI=1S/C17H14ClN5/c18-16-5-15-14(6-19-16)20-10-23(15)9-13-8-22-7-12(11-1-2-11)3-4-17(22)21-13/h3-8,10-11H,1-2,9H2. The van der Waals surface area contributed by atoms with Crippen LogP contribution in [-0.2, 0) is 6.54 Å². The van der Waals surface area contributed by atoms with Gasteiger partial charge in [-0.2, -0.15) is 0 Å². The second kappa shape index (κ2) is 4.80. The summed E-state index contributed by atoms with van der Waals surface area (Å²) in [6.07, 6.45) is 10.4. The molecule has 0 amide bonds. The Kier molecular flexibility index (Phi) is 2.73. The lowest BCUT2D eigenvalue weighted by atomic mass is 10.2. The third-order valence-corrected chi connectivity index (χ3v) is 4.59. The van der Waals surface area contributed by atoms with E-state index in [4.69, 9.17) is 16.6 Å². The van der Waals surface area contributed by atoms with E-state index in [9.17, 15) is 0 Å². The minimum absolute atomic E-state index is 0.475. The van der Waals surface area contributed by atoms with Crippen LogP contribution in [0.2, 0.25) is 5.15 Å². The number of fused-ring (bicyclic) bond motifs is 2. The van der Waals surface area contributed by atoms with E-state index in [0.717, 1.165) is 28.3 Å². The van der Waals surface area contributed by atoms with Gasteiger partial charge < -0.3 is 8.97 Å². The Balaban J connectivity index is 1.53.